The lowest BCUT2D eigenvalue weighted by atomic mass is 10.0. The molecule has 4 aromatic rings. The van der Waals surface area contributed by atoms with Gasteiger partial charge >= 0.3 is 0 Å². The molecule has 2 aliphatic rings. The number of fused-ring (bicyclic) bond motifs is 2. The van der Waals surface area contributed by atoms with Gasteiger partial charge in [0.2, 0.25) is 0 Å². The fraction of sp³-hybridized carbons (Fsp3) is 0.346. The molecule has 2 aliphatic heterocycles. The van der Waals surface area contributed by atoms with Crippen molar-refractivity contribution < 1.29 is 13.9 Å². The Morgan fingerprint density at radius 3 is 2.91 bits per heavy atom. The van der Waals surface area contributed by atoms with Crippen LogP contribution in [-0.2, 0) is 24.4 Å². The highest BCUT2D eigenvalue weighted by molar-refractivity contribution is 5.98. The molecule has 0 aliphatic carbocycles. The summed E-state index contributed by atoms with van der Waals surface area (Å²) in [6.45, 7) is 3.38. The van der Waals surface area contributed by atoms with Crippen molar-refractivity contribution in [2.75, 3.05) is 13.1 Å². The highest BCUT2D eigenvalue weighted by atomic mass is 19.1. The number of benzene rings is 2. The smallest absolute Gasteiger partial charge is 0.251 e. The first-order chi connectivity index (χ1) is 17.1. The second kappa shape index (κ2) is 9.24. The van der Waals surface area contributed by atoms with E-state index < -0.39 is 0 Å². The van der Waals surface area contributed by atoms with Crippen LogP contribution in [-0.4, -0.2) is 49.9 Å². The molecule has 1 amide bonds. The van der Waals surface area contributed by atoms with Crippen molar-refractivity contribution in [2.24, 2.45) is 0 Å². The third-order valence-corrected chi connectivity index (χ3v) is 7.01. The lowest BCUT2D eigenvalue weighted by Gasteiger charge is -2.32. The van der Waals surface area contributed by atoms with Crippen molar-refractivity contribution in [1.29, 1.82) is 0 Å². The Kier molecular flexibility index (Phi) is 5.79. The number of rotatable bonds is 5. The van der Waals surface area contributed by atoms with Crippen LogP contribution in [0.25, 0.3) is 10.9 Å². The number of likely N-dealkylation sites (tertiary alicyclic amines) is 1. The topological polar surface area (TPSA) is 88.1 Å². The maximum Gasteiger partial charge on any atom is 0.251 e. The minimum Gasteiger partial charge on any atom is -0.365 e. The van der Waals surface area contributed by atoms with Crippen molar-refractivity contribution in [3.63, 3.8) is 0 Å². The lowest BCUT2D eigenvalue weighted by molar-refractivity contribution is -0.00232. The zero-order chi connectivity index (χ0) is 23.8. The van der Waals surface area contributed by atoms with Crippen LogP contribution < -0.4 is 5.32 Å². The van der Waals surface area contributed by atoms with Crippen LogP contribution in [0.15, 0.2) is 54.7 Å². The molecule has 9 heteroatoms. The van der Waals surface area contributed by atoms with Crippen molar-refractivity contribution in [2.45, 2.75) is 44.7 Å². The Hall–Kier alpha value is -3.56. The van der Waals surface area contributed by atoms with Crippen LogP contribution in [0.2, 0.25) is 0 Å². The third kappa shape index (κ3) is 4.56. The maximum absolute atomic E-state index is 13.6. The van der Waals surface area contributed by atoms with Gasteiger partial charge in [-0.3, -0.25) is 9.69 Å². The molecule has 0 bridgehead atoms. The van der Waals surface area contributed by atoms with Gasteiger partial charge in [-0.2, -0.15) is 0 Å². The number of piperidine rings is 1. The molecule has 2 N–H and O–H groups in total. The van der Waals surface area contributed by atoms with Crippen molar-refractivity contribution in [1.82, 2.24) is 30.2 Å². The molecule has 0 saturated carbocycles. The molecule has 0 spiro atoms. The summed E-state index contributed by atoms with van der Waals surface area (Å²) < 4.78 is 21.5. The van der Waals surface area contributed by atoms with Gasteiger partial charge < -0.3 is 15.0 Å². The van der Waals surface area contributed by atoms with E-state index in [0.29, 0.717) is 25.3 Å². The van der Waals surface area contributed by atoms with Gasteiger partial charge in [-0.25, -0.2) is 9.07 Å². The molecule has 2 aromatic carbocycles. The molecule has 8 nitrogen and oxygen atoms in total. The van der Waals surface area contributed by atoms with Crippen LogP contribution in [0.1, 0.15) is 46.3 Å². The predicted octanol–water partition coefficient (Wildman–Crippen LogP) is 3.56. The van der Waals surface area contributed by atoms with Crippen LogP contribution in [0.5, 0.6) is 0 Å². The number of hydrogen-bond donors (Lipinski definition) is 2. The highest BCUT2D eigenvalue weighted by Crippen LogP contribution is 2.28. The first-order valence-electron chi connectivity index (χ1n) is 12.0. The number of nitrogens with one attached hydrogen (secondary N) is 2. The summed E-state index contributed by atoms with van der Waals surface area (Å²) in [5, 5.41) is 13.0. The minimum atomic E-state index is -0.266. The summed E-state index contributed by atoms with van der Waals surface area (Å²) in [5.74, 6) is -0.290. The molecule has 180 valence electrons. The second-order valence-electron chi connectivity index (χ2n) is 9.32. The summed E-state index contributed by atoms with van der Waals surface area (Å²) in [5.41, 5.74) is 4.43. The number of nitrogens with zero attached hydrogens (tertiary/aromatic N) is 4. The van der Waals surface area contributed by atoms with Gasteiger partial charge in [-0.1, -0.05) is 17.3 Å². The zero-order valence-corrected chi connectivity index (χ0v) is 19.3. The normalized spacial score (nSPS) is 19.1. The van der Waals surface area contributed by atoms with E-state index in [0.717, 1.165) is 53.8 Å². The minimum absolute atomic E-state index is 0.0241. The van der Waals surface area contributed by atoms with E-state index in [4.69, 9.17) is 4.74 Å². The van der Waals surface area contributed by atoms with E-state index in [2.05, 4.69) is 25.5 Å². The first-order valence-corrected chi connectivity index (χ1v) is 12.0. The molecular weight excluding hydrogens is 447 g/mol. The number of hydrogen-bond acceptors (Lipinski definition) is 5. The molecule has 1 saturated heterocycles. The van der Waals surface area contributed by atoms with Gasteiger partial charge in [0.1, 0.15) is 17.6 Å². The van der Waals surface area contributed by atoms with E-state index in [1.54, 1.807) is 6.07 Å². The van der Waals surface area contributed by atoms with Crippen molar-refractivity contribution in [3.05, 3.63) is 83.1 Å². The van der Waals surface area contributed by atoms with Gasteiger partial charge in [0, 0.05) is 48.3 Å². The number of aromatic nitrogens is 4. The zero-order valence-electron chi connectivity index (χ0n) is 19.3. The van der Waals surface area contributed by atoms with Gasteiger partial charge in [-0.15, -0.1) is 5.10 Å². The van der Waals surface area contributed by atoms with Crippen LogP contribution in [0.4, 0.5) is 4.39 Å². The average molecular weight is 475 g/mol. The third-order valence-electron chi connectivity index (χ3n) is 7.01. The number of halogens is 1. The summed E-state index contributed by atoms with van der Waals surface area (Å²) in [4.78, 5) is 18.2. The Morgan fingerprint density at radius 1 is 1.17 bits per heavy atom. The van der Waals surface area contributed by atoms with Crippen molar-refractivity contribution in [3.8, 4) is 0 Å². The molecule has 1 fully saturated rings. The molecule has 0 radical (unpaired) electrons. The maximum atomic E-state index is 13.6. The summed E-state index contributed by atoms with van der Waals surface area (Å²) in [6.07, 6.45) is 3.42. The number of amides is 1. The summed E-state index contributed by atoms with van der Waals surface area (Å²) in [6, 6.07) is 14.4. The predicted molar refractivity (Wildman–Crippen MR) is 128 cm³/mol. The summed E-state index contributed by atoms with van der Waals surface area (Å²) in [7, 11) is 0. The van der Waals surface area contributed by atoms with E-state index in [-0.39, 0.29) is 23.9 Å². The summed E-state index contributed by atoms with van der Waals surface area (Å²) >= 11 is 0. The van der Waals surface area contributed by atoms with E-state index in [9.17, 15) is 9.18 Å². The standard InChI is InChI=1S/C26H27FN6O2/c27-20-3-1-2-18(13-20)25-15-33-24(16-35-25)23(30-31-33)14-32-10-7-21(8-11-32)29-26(34)19-4-5-22-17(12-19)6-9-28-22/h1-6,9,12-13,21,25,28H,7-8,10-11,14-16H2,(H,29,34)/t25-/m0/s1. The monoisotopic (exact) mass is 474 g/mol. The number of H-pyrrole nitrogens is 1. The molecule has 4 heterocycles. The van der Waals surface area contributed by atoms with Gasteiger partial charge in [0.05, 0.1) is 18.8 Å². The number of carbonyl (C=O) groups is 1. The molecule has 1 atom stereocenters. The molecular formula is C26H27FN6O2. The number of carbonyl (C=O) groups excluding carboxylic acids is 1. The largest absolute Gasteiger partial charge is 0.365 e. The van der Waals surface area contributed by atoms with Crippen LogP contribution in [0, 0.1) is 5.82 Å². The molecule has 6 rings (SSSR count). The van der Waals surface area contributed by atoms with E-state index >= 15 is 0 Å². The lowest BCUT2D eigenvalue weighted by Crippen LogP contribution is -2.44. The van der Waals surface area contributed by atoms with Crippen molar-refractivity contribution >= 4 is 16.8 Å². The van der Waals surface area contributed by atoms with Crippen LogP contribution in [0.3, 0.4) is 0 Å². The average Bonchev–Trinajstić information content (AvgIpc) is 3.51. The SMILES string of the molecule is O=C(NC1CCN(Cc2nnn3c2CO[C@H](c2cccc(F)c2)C3)CC1)c1ccc2[nH]ccc2c1. The quantitative estimate of drug-likeness (QED) is 0.462. The molecule has 2 aromatic heterocycles. The Labute approximate surface area is 202 Å². The number of ether oxygens (including phenoxy) is 1. The molecule has 35 heavy (non-hydrogen) atoms. The van der Waals surface area contributed by atoms with Gasteiger partial charge in [-0.05, 0) is 54.8 Å². The highest BCUT2D eigenvalue weighted by Gasteiger charge is 2.27. The Bertz CT molecular complexity index is 1360. The second-order valence-corrected chi connectivity index (χ2v) is 9.32. The Balaban J connectivity index is 1.03. The van der Waals surface area contributed by atoms with Crippen LogP contribution >= 0.6 is 0 Å². The fourth-order valence-electron chi connectivity index (χ4n) is 5.00. The number of aromatic amines is 1. The fourth-order valence-corrected chi connectivity index (χ4v) is 5.00. The van der Waals surface area contributed by atoms with Gasteiger partial charge in [0.25, 0.3) is 5.91 Å². The first kappa shape index (κ1) is 21.9. The molecule has 0 unspecified atom stereocenters. The van der Waals surface area contributed by atoms with E-state index in [1.165, 1.54) is 12.1 Å². The Morgan fingerprint density at radius 2 is 2.06 bits per heavy atom. The van der Waals surface area contributed by atoms with E-state index in [1.807, 2.05) is 41.2 Å². The van der Waals surface area contributed by atoms with Gasteiger partial charge in [0.15, 0.2) is 0 Å².